The van der Waals surface area contributed by atoms with Crippen molar-refractivity contribution in [3.63, 3.8) is 0 Å². The number of nitrogens with one attached hydrogen (secondary N) is 1. The van der Waals surface area contributed by atoms with E-state index in [2.05, 4.69) is 15.5 Å². The van der Waals surface area contributed by atoms with Crippen LogP contribution in [-0.4, -0.2) is 37.1 Å². The zero-order valence-electron chi connectivity index (χ0n) is 19.0. The van der Waals surface area contributed by atoms with Gasteiger partial charge in [0.1, 0.15) is 0 Å². The van der Waals surface area contributed by atoms with Crippen LogP contribution < -0.4 is 5.32 Å². The van der Waals surface area contributed by atoms with Gasteiger partial charge in [-0.25, -0.2) is 0 Å². The Labute approximate surface area is 205 Å². The third kappa shape index (κ3) is 5.44. The lowest BCUT2D eigenvalue weighted by molar-refractivity contribution is -0.384. The van der Waals surface area contributed by atoms with Crippen molar-refractivity contribution in [3.05, 3.63) is 99.6 Å². The van der Waals surface area contributed by atoms with Crippen molar-refractivity contribution < 1.29 is 14.5 Å². The first kappa shape index (κ1) is 23.8. The number of hydrogen-bond acceptors (Lipinski definition) is 7. The van der Waals surface area contributed by atoms with Crippen LogP contribution in [0.1, 0.15) is 26.3 Å². The van der Waals surface area contributed by atoms with Gasteiger partial charge in [-0.15, -0.1) is 10.2 Å². The molecule has 0 aliphatic carbocycles. The summed E-state index contributed by atoms with van der Waals surface area (Å²) in [6.07, 6.45) is 0. The van der Waals surface area contributed by atoms with Crippen LogP contribution in [0, 0.1) is 17.0 Å². The maximum absolute atomic E-state index is 12.7. The van der Waals surface area contributed by atoms with Crippen LogP contribution >= 0.6 is 11.8 Å². The Morgan fingerprint density at radius 1 is 1.03 bits per heavy atom. The maximum atomic E-state index is 12.7. The molecular weight excluding hydrogens is 466 g/mol. The van der Waals surface area contributed by atoms with Crippen LogP contribution in [0.25, 0.3) is 11.4 Å². The molecule has 1 amide bonds. The monoisotopic (exact) mass is 487 g/mol. The molecule has 0 aliphatic heterocycles. The number of carbonyl (C=O) groups is 2. The van der Waals surface area contributed by atoms with Gasteiger partial charge in [-0.1, -0.05) is 42.1 Å². The molecule has 1 N–H and O–H groups in total. The molecule has 0 aliphatic rings. The first-order chi connectivity index (χ1) is 16.8. The Morgan fingerprint density at radius 3 is 2.49 bits per heavy atom. The first-order valence-corrected chi connectivity index (χ1v) is 11.6. The molecule has 1 heterocycles. The lowest BCUT2D eigenvalue weighted by Gasteiger charge is -2.09. The van der Waals surface area contributed by atoms with Crippen molar-refractivity contribution >= 4 is 34.8 Å². The zero-order chi connectivity index (χ0) is 24.9. The van der Waals surface area contributed by atoms with Crippen molar-refractivity contribution in [1.82, 2.24) is 14.8 Å². The summed E-state index contributed by atoms with van der Waals surface area (Å²) in [4.78, 5) is 35.4. The molecule has 3 aromatic carbocycles. The number of ketones is 1. The number of nitro benzene ring substituents is 1. The topological polar surface area (TPSA) is 120 Å². The van der Waals surface area contributed by atoms with E-state index in [0.717, 1.165) is 11.1 Å². The summed E-state index contributed by atoms with van der Waals surface area (Å²) in [6, 6.07) is 20.2. The van der Waals surface area contributed by atoms with Gasteiger partial charge < -0.3 is 9.88 Å². The number of thioether (sulfide) groups is 1. The van der Waals surface area contributed by atoms with Gasteiger partial charge >= 0.3 is 0 Å². The van der Waals surface area contributed by atoms with E-state index in [-0.39, 0.29) is 23.1 Å². The molecule has 0 spiro atoms. The fourth-order valence-electron chi connectivity index (χ4n) is 3.44. The van der Waals surface area contributed by atoms with Crippen molar-refractivity contribution in [2.24, 2.45) is 7.05 Å². The fourth-order valence-corrected chi connectivity index (χ4v) is 4.24. The summed E-state index contributed by atoms with van der Waals surface area (Å²) in [7, 11) is 1.80. The van der Waals surface area contributed by atoms with Crippen LogP contribution in [0.4, 0.5) is 11.4 Å². The van der Waals surface area contributed by atoms with Gasteiger partial charge in [0.05, 0.1) is 10.7 Å². The Bertz CT molecular complexity index is 1420. The minimum atomic E-state index is -0.507. The van der Waals surface area contributed by atoms with Crippen molar-refractivity contribution in [2.45, 2.75) is 12.1 Å². The summed E-state index contributed by atoms with van der Waals surface area (Å²) in [5.41, 5.74) is 3.21. The van der Waals surface area contributed by atoms with Crippen LogP contribution in [0.5, 0.6) is 0 Å². The van der Waals surface area contributed by atoms with Gasteiger partial charge in [0, 0.05) is 41.6 Å². The van der Waals surface area contributed by atoms with Crippen molar-refractivity contribution in [1.29, 1.82) is 0 Å². The molecule has 0 saturated heterocycles. The minimum Gasteiger partial charge on any atom is -0.322 e. The van der Waals surface area contributed by atoms with E-state index >= 15 is 0 Å². The van der Waals surface area contributed by atoms with Crippen LogP contribution in [0.15, 0.2) is 78.0 Å². The standard InChI is InChI=1S/C25H21N5O4S/c1-16-6-3-4-9-21(16)24(32)26-19-8-5-7-18(14-19)23-27-28-25(29(23)2)35-15-22(31)17-10-12-20(13-11-17)30(33)34/h3-14H,15H2,1-2H3,(H,26,32). The number of aromatic nitrogens is 3. The highest BCUT2D eigenvalue weighted by molar-refractivity contribution is 7.99. The van der Waals surface area contributed by atoms with E-state index in [4.69, 9.17) is 0 Å². The predicted molar refractivity (Wildman–Crippen MR) is 134 cm³/mol. The number of carbonyl (C=O) groups excluding carboxylic acids is 2. The number of nitro groups is 1. The number of Topliss-reactive ketones (excluding diaryl/α,β-unsaturated/α-hetero) is 1. The summed E-state index contributed by atoms with van der Waals surface area (Å²) in [5, 5.41) is 22.7. The molecule has 0 radical (unpaired) electrons. The van der Waals surface area contributed by atoms with E-state index < -0.39 is 4.92 Å². The summed E-state index contributed by atoms with van der Waals surface area (Å²) in [5.74, 6) is 0.327. The third-order valence-corrected chi connectivity index (χ3v) is 6.36. The predicted octanol–water partition coefficient (Wildman–Crippen LogP) is 4.93. The molecule has 1 aromatic heterocycles. The van der Waals surface area contributed by atoms with Gasteiger partial charge in [-0.05, 0) is 42.8 Å². The van der Waals surface area contributed by atoms with E-state index in [1.54, 1.807) is 23.7 Å². The molecule has 0 unspecified atom stereocenters. The number of nitrogens with zero attached hydrogens (tertiary/aromatic N) is 4. The third-order valence-electron chi connectivity index (χ3n) is 5.34. The number of aryl methyl sites for hydroxylation is 1. The zero-order valence-corrected chi connectivity index (χ0v) is 19.8. The van der Waals surface area contributed by atoms with E-state index in [1.165, 1.54) is 36.0 Å². The average Bonchev–Trinajstić information content (AvgIpc) is 3.23. The smallest absolute Gasteiger partial charge is 0.269 e. The molecule has 10 heteroatoms. The van der Waals surface area contributed by atoms with E-state index in [0.29, 0.717) is 27.8 Å². The van der Waals surface area contributed by atoms with Gasteiger partial charge in [0.2, 0.25) is 0 Å². The van der Waals surface area contributed by atoms with E-state index in [9.17, 15) is 19.7 Å². The van der Waals surface area contributed by atoms with Gasteiger partial charge in [0.15, 0.2) is 16.8 Å². The van der Waals surface area contributed by atoms with Crippen LogP contribution in [0.2, 0.25) is 0 Å². The molecule has 35 heavy (non-hydrogen) atoms. The molecule has 0 atom stereocenters. The molecule has 0 fully saturated rings. The Morgan fingerprint density at radius 2 is 1.77 bits per heavy atom. The lowest BCUT2D eigenvalue weighted by atomic mass is 10.1. The molecule has 9 nitrogen and oxygen atoms in total. The molecule has 0 bridgehead atoms. The Kier molecular flexibility index (Phi) is 7.02. The second-order valence-corrected chi connectivity index (χ2v) is 8.67. The fraction of sp³-hybridized carbons (Fsp3) is 0.120. The van der Waals surface area contributed by atoms with Gasteiger partial charge in [0.25, 0.3) is 11.6 Å². The lowest BCUT2D eigenvalue weighted by Crippen LogP contribution is -2.13. The molecule has 4 rings (SSSR count). The van der Waals surface area contributed by atoms with Gasteiger partial charge in [-0.3, -0.25) is 19.7 Å². The minimum absolute atomic E-state index is 0.0653. The first-order valence-electron chi connectivity index (χ1n) is 10.6. The number of amides is 1. The number of hydrogen-bond donors (Lipinski definition) is 1. The highest BCUT2D eigenvalue weighted by atomic mass is 32.2. The highest BCUT2D eigenvalue weighted by Crippen LogP contribution is 2.26. The molecule has 176 valence electrons. The SMILES string of the molecule is Cc1ccccc1C(=O)Nc1cccc(-c2nnc(SCC(=O)c3ccc([N+](=O)[O-])cc3)n2C)c1. The Hall–Kier alpha value is -4.31. The molecular formula is C25H21N5O4S. The molecule has 0 saturated carbocycles. The number of non-ortho nitro benzene ring substituents is 1. The normalized spacial score (nSPS) is 10.7. The number of anilines is 1. The Balaban J connectivity index is 1.45. The van der Waals surface area contributed by atoms with Crippen molar-refractivity contribution in [2.75, 3.05) is 11.1 Å². The summed E-state index contributed by atoms with van der Waals surface area (Å²) < 4.78 is 1.77. The van der Waals surface area contributed by atoms with Gasteiger partial charge in [-0.2, -0.15) is 0 Å². The van der Waals surface area contributed by atoms with Crippen molar-refractivity contribution in [3.8, 4) is 11.4 Å². The summed E-state index contributed by atoms with van der Waals surface area (Å²) >= 11 is 1.23. The second-order valence-electron chi connectivity index (χ2n) is 7.73. The quantitative estimate of drug-likeness (QED) is 0.162. The van der Waals surface area contributed by atoms with Crippen LogP contribution in [0.3, 0.4) is 0 Å². The number of rotatable bonds is 8. The highest BCUT2D eigenvalue weighted by Gasteiger charge is 2.16. The molecule has 4 aromatic rings. The average molecular weight is 488 g/mol. The second kappa shape index (κ2) is 10.3. The van der Waals surface area contributed by atoms with Crippen LogP contribution in [-0.2, 0) is 7.05 Å². The number of benzene rings is 3. The maximum Gasteiger partial charge on any atom is 0.269 e. The largest absolute Gasteiger partial charge is 0.322 e. The summed E-state index contributed by atoms with van der Waals surface area (Å²) in [6.45, 7) is 1.89. The van der Waals surface area contributed by atoms with E-state index in [1.807, 2.05) is 43.3 Å².